The van der Waals surface area contributed by atoms with Gasteiger partial charge in [0.25, 0.3) is 0 Å². The molecule has 0 aliphatic carbocycles. The van der Waals surface area contributed by atoms with Gasteiger partial charge in [-0.05, 0) is 73.0 Å². The van der Waals surface area contributed by atoms with Crippen LogP contribution in [-0.2, 0) is 19.5 Å². The van der Waals surface area contributed by atoms with Crippen molar-refractivity contribution in [1.29, 1.82) is 0 Å². The van der Waals surface area contributed by atoms with Crippen molar-refractivity contribution in [3.63, 3.8) is 0 Å². The van der Waals surface area contributed by atoms with E-state index in [4.69, 9.17) is 16.6 Å². The van der Waals surface area contributed by atoms with Gasteiger partial charge >= 0.3 is 0 Å². The lowest BCUT2D eigenvalue weighted by Crippen LogP contribution is -2.45. The zero-order valence-electron chi connectivity index (χ0n) is 19.3. The summed E-state index contributed by atoms with van der Waals surface area (Å²) < 4.78 is 14.6. The molecule has 0 radical (unpaired) electrons. The highest BCUT2D eigenvalue weighted by Gasteiger charge is 2.26. The molecule has 0 saturated carbocycles. The maximum atomic E-state index is 14.6. The number of aromatic nitrogens is 1. The number of nitrogens with zero attached hydrogens (tertiary/aromatic N) is 4. The van der Waals surface area contributed by atoms with E-state index in [1.54, 1.807) is 6.07 Å². The molecule has 0 atom stereocenters. The Morgan fingerprint density at radius 2 is 1.79 bits per heavy atom. The van der Waals surface area contributed by atoms with E-state index < -0.39 is 0 Å². The monoisotopic (exact) mass is 464 g/mol. The number of halogens is 2. The summed E-state index contributed by atoms with van der Waals surface area (Å²) in [6, 6.07) is 13.8. The number of anilines is 1. The standard InChI is InChI=1S/C27H30ClFN4/c1-19-15-21(28)4-6-23(19)20-3-5-22(30-16-20)17-32-10-9-24-25(18-32)27(8-7-26(24)29)33-13-11-31(2)12-14-33/h3-8,15-16H,9-14,17-18H2,1-2H3. The highest BCUT2D eigenvalue weighted by Crippen LogP contribution is 2.32. The summed E-state index contributed by atoms with van der Waals surface area (Å²) >= 11 is 6.10. The lowest BCUT2D eigenvalue weighted by molar-refractivity contribution is 0.240. The van der Waals surface area contributed by atoms with E-state index in [2.05, 4.69) is 40.8 Å². The van der Waals surface area contributed by atoms with Gasteiger partial charge in [0.2, 0.25) is 0 Å². The first-order valence-electron chi connectivity index (χ1n) is 11.7. The Morgan fingerprint density at radius 3 is 2.52 bits per heavy atom. The summed E-state index contributed by atoms with van der Waals surface area (Å²) in [5.74, 6) is -0.0664. The van der Waals surface area contributed by atoms with Gasteiger partial charge in [0, 0.05) is 68.3 Å². The number of fused-ring (bicyclic) bond motifs is 1. The summed E-state index contributed by atoms with van der Waals surface area (Å²) in [6.07, 6.45) is 2.68. The van der Waals surface area contributed by atoms with Gasteiger partial charge in [-0.3, -0.25) is 9.88 Å². The number of rotatable bonds is 4. The number of pyridine rings is 1. The van der Waals surface area contributed by atoms with E-state index in [9.17, 15) is 4.39 Å². The largest absolute Gasteiger partial charge is 0.369 e. The van der Waals surface area contributed by atoms with Crippen LogP contribution in [0.5, 0.6) is 0 Å². The molecule has 1 saturated heterocycles. The van der Waals surface area contributed by atoms with Crippen molar-refractivity contribution in [3.05, 3.63) is 81.9 Å². The van der Waals surface area contributed by atoms with Gasteiger partial charge in [0.1, 0.15) is 5.82 Å². The van der Waals surface area contributed by atoms with E-state index >= 15 is 0 Å². The van der Waals surface area contributed by atoms with Crippen LogP contribution in [-0.4, -0.2) is 54.6 Å². The minimum absolute atomic E-state index is 0.0664. The van der Waals surface area contributed by atoms with Crippen LogP contribution in [0, 0.1) is 12.7 Å². The van der Waals surface area contributed by atoms with Crippen LogP contribution in [0.4, 0.5) is 10.1 Å². The van der Waals surface area contributed by atoms with Gasteiger partial charge in [-0.25, -0.2) is 4.39 Å². The lowest BCUT2D eigenvalue weighted by atomic mass is 9.96. The van der Waals surface area contributed by atoms with Crippen LogP contribution < -0.4 is 4.90 Å². The Morgan fingerprint density at radius 1 is 0.970 bits per heavy atom. The second kappa shape index (κ2) is 9.41. The Hall–Kier alpha value is -2.47. The first kappa shape index (κ1) is 22.3. The second-order valence-corrected chi connectivity index (χ2v) is 9.71. The molecule has 3 heterocycles. The summed E-state index contributed by atoms with van der Waals surface area (Å²) in [6.45, 7) is 8.49. The van der Waals surface area contributed by atoms with Crippen LogP contribution in [0.2, 0.25) is 5.02 Å². The smallest absolute Gasteiger partial charge is 0.126 e. The maximum absolute atomic E-state index is 14.6. The van der Waals surface area contributed by atoms with Crippen LogP contribution in [0.1, 0.15) is 22.4 Å². The molecule has 0 N–H and O–H groups in total. The topological polar surface area (TPSA) is 22.6 Å². The Kier molecular flexibility index (Phi) is 6.37. The number of hydrogen-bond donors (Lipinski definition) is 0. The molecular formula is C27H30ClFN4. The third kappa shape index (κ3) is 4.77. The van der Waals surface area contributed by atoms with Crippen LogP contribution >= 0.6 is 11.6 Å². The fraction of sp³-hybridized carbons (Fsp3) is 0.370. The Bertz CT molecular complexity index is 1140. The number of piperazine rings is 1. The molecule has 2 aliphatic rings. The van der Waals surface area contributed by atoms with Crippen molar-refractivity contribution in [1.82, 2.24) is 14.8 Å². The molecular weight excluding hydrogens is 435 g/mol. The van der Waals surface area contributed by atoms with Gasteiger partial charge in [-0.1, -0.05) is 23.7 Å². The van der Waals surface area contributed by atoms with Crippen molar-refractivity contribution in [2.75, 3.05) is 44.7 Å². The average Bonchev–Trinajstić information content (AvgIpc) is 2.81. The number of benzene rings is 2. The van der Waals surface area contributed by atoms with Crippen LogP contribution in [0.3, 0.4) is 0 Å². The van der Waals surface area contributed by atoms with Gasteiger partial charge < -0.3 is 9.80 Å². The molecule has 0 unspecified atom stereocenters. The highest BCUT2D eigenvalue weighted by molar-refractivity contribution is 6.30. The SMILES string of the molecule is Cc1cc(Cl)ccc1-c1ccc(CN2CCc3c(F)ccc(N4CCN(C)CC4)c3C2)nc1. The molecule has 172 valence electrons. The van der Waals surface area contributed by atoms with Crippen molar-refractivity contribution in [2.45, 2.75) is 26.4 Å². The van der Waals surface area contributed by atoms with Gasteiger partial charge in [-0.2, -0.15) is 0 Å². The zero-order chi connectivity index (χ0) is 22.9. The minimum atomic E-state index is -0.0664. The van der Waals surface area contributed by atoms with E-state index in [-0.39, 0.29) is 5.82 Å². The summed E-state index contributed by atoms with van der Waals surface area (Å²) in [4.78, 5) is 11.9. The van der Waals surface area contributed by atoms with Crippen LogP contribution in [0.25, 0.3) is 11.1 Å². The predicted octanol–water partition coefficient (Wildman–Crippen LogP) is 5.16. The third-order valence-corrected chi connectivity index (χ3v) is 7.20. The fourth-order valence-electron chi connectivity index (χ4n) is 5.01. The highest BCUT2D eigenvalue weighted by atomic mass is 35.5. The van der Waals surface area contributed by atoms with Crippen molar-refractivity contribution < 1.29 is 4.39 Å². The van der Waals surface area contributed by atoms with Crippen LogP contribution in [0.15, 0.2) is 48.7 Å². The number of hydrogen-bond acceptors (Lipinski definition) is 4. The molecule has 0 amide bonds. The van der Waals surface area contributed by atoms with E-state index in [0.717, 1.165) is 90.8 Å². The summed E-state index contributed by atoms with van der Waals surface area (Å²) in [5, 5.41) is 0.749. The van der Waals surface area contributed by atoms with E-state index in [1.165, 1.54) is 5.69 Å². The molecule has 33 heavy (non-hydrogen) atoms. The quantitative estimate of drug-likeness (QED) is 0.532. The molecule has 4 nitrogen and oxygen atoms in total. The maximum Gasteiger partial charge on any atom is 0.126 e. The molecule has 5 rings (SSSR count). The van der Waals surface area contributed by atoms with Gasteiger partial charge in [-0.15, -0.1) is 0 Å². The predicted molar refractivity (Wildman–Crippen MR) is 133 cm³/mol. The molecule has 6 heteroatoms. The first-order chi connectivity index (χ1) is 16.0. The normalized spacial score (nSPS) is 17.3. The molecule has 2 aliphatic heterocycles. The summed E-state index contributed by atoms with van der Waals surface area (Å²) in [7, 11) is 2.16. The zero-order valence-corrected chi connectivity index (χ0v) is 20.1. The third-order valence-electron chi connectivity index (χ3n) is 6.96. The van der Waals surface area contributed by atoms with E-state index in [1.807, 2.05) is 30.5 Å². The molecule has 1 aromatic heterocycles. The molecule has 1 fully saturated rings. The summed E-state index contributed by atoms with van der Waals surface area (Å²) in [5.41, 5.74) is 7.66. The molecule has 3 aromatic rings. The molecule has 0 spiro atoms. The minimum Gasteiger partial charge on any atom is -0.369 e. The van der Waals surface area contributed by atoms with Crippen molar-refractivity contribution in [2.24, 2.45) is 0 Å². The van der Waals surface area contributed by atoms with Crippen molar-refractivity contribution >= 4 is 17.3 Å². The second-order valence-electron chi connectivity index (χ2n) is 9.27. The molecule has 2 aromatic carbocycles. The average molecular weight is 465 g/mol. The van der Waals surface area contributed by atoms with Gasteiger partial charge in [0.15, 0.2) is 0 Å². The van der Waals surface area contributed by atoms with Crippen molar-refractivity contribution in [3.8, 4) is 11.1 Å². The van der Waals surface area contributed by atoms with Gasteiger partial charge in [0.05, 0.1) is 5.69 Å². The Balaban J connectivity index is 1.33. The van der Waals surface area contributed by atoms with E-state index in [0.29, 0.717) is 0 Å². The number of aryl methyl sites for hydroxylation is 1. The Labute approximate surface area is 200 Å². The lowest BCUT2D eigenvalue weighted by Gasteiger charge is -2.38. The fourth-order valence-corrected chi connectivity index (χ4v) is 5.23. The molecule has 0 bridgehead atoms. The first-order valence-corrected chi connectivity index (χ1v) is 12.0. The number of likely N-dealkylation sites (N-methyl/N-ethyl adjacent to an activating group) is 1.